The highest BCUT2D eigenvalue weighted by atomic mass is 19.2. The monoisotopic (exact) mass is 378 g/mol. The van der Waals surface area contributed by atoms with E-state index in [-0.39, 0.29) is 28.7 Å². The second-order valence-electron chi connectivity index (χ2n) is 7.08. The maximum Gasteiger partial charge on any atom is 0.167 e. The molecule has 1 fully saturated rings. The Morgan fingerprint density at radius 1 is 1.04 bits per heavy atom. The van der Waals surface area contributed by atoms with Crippen molar-refractivity contribution in [3.8, 4) is 11.1 Å². The molecule has 0 amide bonds. The summed E-state index contributed by atoms with van der Waals surface area (Å²) in [5.74, 6) is -2.66. The lowest BCUT2D eigenvalue weighted by Gasteiger charge is -2.29. The SMILES string of the molecule is CCCc1ccc(-c2ccc(C3CCC(COC)OC3)c(F)c2F)c(F)c1. The minimum absolute atomic E-state index is 0.00541. The van der Waals surface area contributed by atoms with Crippen molar-refractivity contribution in [2.24, 2.45) is 0 Å². The van der Waals surface area contributed by atoms with Crippen molar-refractivity contribution in [1.29, 1.82) is 0 Å². The third-order valence-electron chi connectivity index (χ3n) is 5.14. The lowest BCUT2D eigenvalue weighted by Crippen LogP contribution is -2.28. The highest BCUT2D eigenvalue weighted by Crippen LogP contribution is 2.35. The standard InChI is InChI=1S/C22H25F3O2/c1-3-4-14-5-8-18(20(23)11-14)19-10-9-17(21(24)22(19)25)15-6-7-16(13-26-2)27-12-15/h5,8-11,15-16H,3-4,6-7,12-13H2,1-2H3. The van der Waals surface area contributed by atoms with Crippen molar-refractivity contribution in [2.75, 3.05) is 20.3 Å². The fraction of sp³-hybridized carbons (Fsp3) is 0.455. The van der Waals surface area contributed by atoms with Gasteiger partial charge in [0.2, 0.25) is 0 Å². The van der Waals surface area contributed by atoms with Gasteiger partial charge in [-0.15, -0.1) is 0 Å². The second kappa shape index (κ2) is 8.89. The van der Waals surface area contributed by atoms with Crippen LogP contribution in [-0.4, -0.2) is 26.4 Å². The van der Waals surface area contributed by atoms with Gasteiger partial charge in [0, 0.05) is 24.2 Å². The average Bonchev–Trinajstić information content (AvgIpc) is 2.66. The number of halogens is 3. The summed E-state index contributed by atoms with van der Waals surface area (Å²) in [5.41, 5.74) is 1.17. The van der Waals surface area contributed by atoms with Crippen LogP contribution in [0.4, 0.5) is 13.2 Å². The average molecular weight is 378 g/mol. The summed E-state index contributed by atoms with van der Waals surface area (Å²) in [7, 11) is 1.61. The van der Waals surface area contributed by atoms with Crippen LogP contribution < -0.4 is 0 Å². The highest BCUT2D eigenvalue weighted by Gasteiger charge is 2.27. The van der Waals surface area contributed by atoms with Crippen LogP contribution in [0.15, 0.2) is 30.3 Å². The zero-order valence-electron chi connectivity index (χ0n) is 15.7. The van der Waals surface area contributed by atoms with Gasteiger partial charge in [-0.25, -0.2) is 13.2 Å². The van der Waals surface area contributed by atoms with E-state index in [1.807, 2.05) is 6.92 Å². The highest BCUT2D eigenvalue weighted by molar-refractivity contribution is 5.66. The Bertz CT molecular complexity index is 783. The smallest absolute Gasteiger partial charge is 0.167 e. The van der Waals surface area contributed by atoms with Crippen molar-refractivity contribution < 1.29 is 22.6 Å². The van der Waals surface area contributed by atoms with Gasteiger partial charge in [0.1, 0.15) is 5.82 Å². The molecule has 2 atom stereocenters. The molecule has 0 aromatic heterocycles. The normalized spacial score (nSPS) is 20.0. The van der Waals surface area contributed by atoms with Crippen LogP contribution in [0.3, 0.4) is 0 Å². The molecule has 0 radical (unpaired) electrons. The van der Waals surface area contributed by atoms with Gasteiger partial charge in [-0.3, -0.25) is 0 Å². The maximum absolute atomic E-state index is 14.7. The molecule has 0 N–H and O–H groups in total. The van der Waals surface area contributed by atoms with Gasteiger partial charge < -0.3 is 9.47 Å². The van der Waals surface area contributed by atoms with Crippen LogP contribution in [0, 0.1) is 17.5 Å². The van der Waals surface area contributed by atoms with Gasteiger partial charge >= 0.3 is 0 Å². The molecule has 2 unspecified atom stereocenters. The topological polar surface area (TPSA) is 18.5 Å². The van der Waals surface area contributed by atoms with Gasteiger partial charge in [0.15, 0.2) is 11.6 Å². The first-order valence-electron chi connectivity index (χ1n) is 9.42. The Balaban J connectivity index is 1.84. The maximum atomic E-state index is 14.7. The molecule has 0 saturated carbocycles. The number of methoxy groups -OCH3 is 1. The third kappa shape index (κ3) is 4.36. The van der Waals surface area contributed by atoms with E-state index in [0.717, 1.165) is 24.8 Å². The van der Waals surface area contributed by atoms with Gasteiger partial charge in [-0.2, -0.15) is 0 Å². The molecule has 0 aliphatic carbocycles. The lowest BCUT2D eigenvalue weighted by atomic mass is 9.89. The summed E-state index contributed by atoms with van der Waals surface area (Å²) in [6, 6.07) is 7.70. The Morgan fingerprint density at radius 2 is 1.81 bits per heavy atom. The first-order valence-corrected chi connectivity index (χ1v) is 9.42. The summed E-state index contributed by atoms with van der Waals surface area (Å²) in [5, 5.41) is 0. The van der Waals surface area contributed by atoms with Crippen LogP contribution in [0.2, 0.25) is 0 Å². The van der Waals surface area contributed by atoms with Gasteiger partial charge in [-0.05, 0) is 36.5 Å². The van der Waals surface area contributed by atoms with Crippen molar-refractivity contribution in [2.45, 2.75) is 44.6 Å². The Hall–Kier alpha value is -1.85. The van der Waals surface area contributed by atoms with Crippen LogP contribution in [-0.2, 0) is 15.9 Å². The predicted molar refractivity (Wildman–Crippen MR) is 99.3 cm³/mol. The van der Waals surface area contributed by atoms with Crippen LogP contribution >= 0.6 is 0 Å². The lowest BCUT2D eigenvalue weighted by molar-refractivity contribution is -0.0381. The molecule has 2 nitrogen and oxygen atoms in total. The van der Waals surface area contributed by atoms with E-state index in [1.165, 1.54) is 18.2 Å². The fourth-order valence-corrected chi connectivity index (χ4v) is 3.68. The summed E-state index contributed by atoms with van der Waals surface area (Å²) in [6.07, 6.45) is 3.07. The van der Waals surface area contributed by atoms with Gasteiger partial charge in [0.25, 0.3) is 0 Å². The molecular weight excluding hydrogens is 353 g/mol. The van der Waals surface area contributed by atoms with Crippen molar-refractivity contribution >= 4 is 0 Å². The van der Waals surface area contributed by atoms with Gasteiger partial charge in [0.05, 0.1) is 19.3 Å². The summed E-state index contributed by atoms with van der Waals surface area (Å²) >= 11 is 0. The molecule has 1 aliphatic heterocycles. The van der Waals surface area contributed by atoms with E-state index in [1.54, 1.807) is 19.2 Å². The van der Waals surface area contributed by atoms with Crippen LogP contribution in [0.5, 0.6) is 0 Å². The summed E-state index contributed by atoms with van der Waals surface area (Å²) in [6.45, 7) is 2.83. The number of benzene rings is 2. The Labute approximate surface area is 158 Å². The molecular formula is C22H25F3O2. The van der Waals surface area contributed by atoms with E-state index >= 15 is 0 Å². The summed E-state index contributed by atoms with van der Waals surface area (Å²) < 4.78 is 54.6. The zero-order chi connectivity index (χ0) is 19.4. The summed E-state index contributed by atoms with van der Waals surface area (Å²) in [4.78, 5) is 0. The fourth-order valence-electron chi connectivity index (χ4n) is 3.68. The van der Waals surface area contributed by atoms with Crippen molar-refractivity contribution in [3.05, 3.63) is 58.9 Å². The van der Waals surface area contributed by atoms with Crippen molar-refractivity contribution in [3.63, 3.8) is 0 Å². The number of ether oxygens (including phenoxy) is 2. The Kier molecular flexibility index (Phi) is 6.55. The van der Waals surface area contributed by atoms with Crippen LogP contribution in [0.1, 0.15) is 43.2 Å². The second-order valence-corrected chi connectivity index (χ2v) is 7.08. The van der Waals surface area contributed by atoms with E-state index in [2.05, 4.69) is 0 Å². The molecule has 0 bridgehead atoms. The molecule has 146 valence electrons. The number of hydrogen-bond donors (Lipinski definition) is 0. The molecule has 0 spiro atoms. The Morgan fingerprint density at radius 3 is 2.44 bits per heavy atom. The first kappa shape index (κ1) is 19.9. The third-order valence-corrected chi connectivity index (χ3v) is 5.14. The molecule has 1 heterocycles. The molecule has 2 aromatic carbocycles. The van der Waals surface area contributed by atoms with Gasteiger partial charge in [-0.1, -0.05) is 37.6 Å². The largest absolute Gasteiger partial charge is 0.382 e. The molecule has 1 saturated heterocycles. The van der Waals surface area contributed by atoms with E-state index in [9.17, 15) is 13.2 Å². The predicted octanol–water partition coefficient (Wildman–Crippen LogP) is 5.63. The van der Waals surface area contributed by atoms with E-state index in [0.29, 0.717) is 19.6 Å². The number of hydrogen-bond acceptors (Lipinski definition) is 2. The quantitative estimate of drug-likeness (QED) is 0.648. The molecule has 5 heteroatoms. The van der Waals surface area contributed by atoms with Crippen LogP contribution in [0.25, 0.3) is 11.1 Å². The van der Waals surface area contributed by atoms with E-state index in [4.69, 9.17) is 9.47 Å². The minimum Gasteiger partial charge on any atom is -0.382 e. The van der Waals surface area contributed by atoms with E-state index < -0.39 is 17.5 Å². The first-order chi connectivity index (χ1) is 13.0. The molecule has 27 heavy (non-hydrogen) atoms. The molecule has 1 aliphatic rings. The molecule has 3 rings (SSSR count). The number of rotatable bonds is 6. The van der Waals surface area contributed by atoms with Crippen molar-refractivity contribution in [1.82, 2.24) is 0 Å². The molecule has 2 aromatic rings. The minimum atomic E-state index is -1.01. The number of aryl methyl sites for hydroxylation is 1. The zero-order valence-corrected chi connectivity index (χ0v) is 15.7.